The van der Waals surface area contributed by atoms with Gasteiger partial charge in [0.05, 0.1) is 41.4 Å². The molecule has 4 amide bonds. The molecule has 3 saturated heterocycles. The number of sulfonamides is 1. The van der Waals surface area contributed by atoms with Crippen LogP contribution in [-0.2, 0) is 35.6 Å². The van der Waals surface area contributed by atoms with Gasteiger partial charge in [-0.05, 0) is 147 Å². The van der Waals surface area contributed by atoms with Gasteiger partial charge in [0.25, 0.3) is 27.5 Å². The third kappa shape index (κ3) is 15.5. The number of nitro benzene ring substituents is 1. The molecule has 2 aromatic heterocycles. The van der Waals surface area contributed by atoms with Gasteiger partial charge in [-0.2, -0.15) is 0 Å². The molecule has 4 N–H and O–H groups in total. The monoisotopic (exact) mass is 1260 g/mol. The Morgan fingerprint density at radius 3 is 2.46 bits per heavy atom. The molecule has 472 valence electrons. The lowest BCUT2D eigenvalue weighted by Crippen LogP contribution is -2.52. The molecule has 1 aliphatic carbocycles. The molecule has 90 heavy (non-hydrogen) atoms. The van der Waals surface area contributed by atoms with Crippen molar-refractivity contribution in [1.29, 1.82) is 0 Å². The summed E-state index contributed by atoms with van der Waals surface area (Å²) in [5.41, 5.74) is 7.48. The average molecular weight is 1260 g/mol. The topological polar surface area (TPSA) is 251 Å². The van der Waals surface area contributed by atoms with E-state index < -0.39 is 43.4 Å². The average Bonchev–Trinajstić information content (AvgIpc) is 1.53. The van der Waals surface area contributed by atoms with E-state index in [9.17, 15) is 37.7 Å². The molecule has 21 nitrogen and oxygen atoms in total. The molecule has 6 heterocycles. The van der Waals surface area contributed by atoms with E-state index in [0.29, 0.717) is 75.9 Å². The summed E-state index contributed by atoms with van der Waals surface area (Å²) in [5.74, 6) is 5.07. The van der Waals surface area contributed by atoms with Gasteiger partial charge < -0.3 is 39.2 Å². The first kappa shape index (κ1) is 63.4. The van der Waals surface area contributed by atoms with Crippen molar-refractivity contribution < 1.29 is 46.7 Å². The van der Waals surface area contributed by atoms with Gasteiger partial charge in [0.15, 0.2) is 0 Å². The number of carbonyl (C=O) groups is 4. The number of hydrogen-bond acceptors (Lipinski definition) is 16. The summed E-state index contributed by atoms with van der Waals surface area (Å²) in [6.45, 7) is 13.6. The first-order valence-corrected chi connectivity index (χ1v) is 32.7. The molecule has 6 aromatic rings. The van der Waals surface area contributed by atoms with Crippen molar-refractivity contribution in [3.05, 3.63) is 152 Å². The number of anilines is 2. The second-order valence-electron chi connectivity index (χ2n) is 24.5. The number of benzene rings is 4. The van der Waals surface area contributed by atoms with Crippen molar-refractivity contribution in [3.8, 4) is 23.3 Å². The largest absolute Gasteiger partial charge is 0.455 e. The van der Waals surface area contributed by atoms with E-state index in [4.69, 9.17) is 25.8 Å². The quantitative estimate of drug-likeness (QED) is 0.0153. The Kier molecular flexibility index (Phi) is 20.0. The van der Waals surface area contributed by atoms with E-state index in [0.717, 1.165) is 111 Å². The van der Waals surface area contributed by atoms with Gasteiger partial charge >= 0.3 is 0 Å². The highest BCUT2D eigenvalue weighted by Gasteiger charge is 2.40. The number of fused-ring (bicyclic) bond motifs is 2. The maximum atomic E-state index is 14.2. The number of allylic oxidation sites excluding steroid dienone is 1. The summed E-state index contributed by atoms with van der Waals surface area (Å²) in [7, 11) is -4.63. The molecule has 3 fully saturated rings. The van der Waals surface area contributed by atoms with E-state index >= 15 is 0 Å². The number of aromatic nitrogens is 2. The molecular formula is C67H75ClN10O11S. The Hall–Kier alpha value is -8.17. The van der Waals surface area contributed by atoms with Crippen molar-refractivity contribution in [2.24, 2.45) is 11.3 Å². The Morgan fingerprint density at radius 1 is 0.889 bits per heavy atom. The molecular weight excluding hydrogens is 1190 g/mol. The summed E-state index contributed by atoms with van der Waals surface area (Å²) >= 11 is 6.27. The minimum Gasteiger partial charge on any atom is -0.455 e. The zero-order valence-corrected chi connectivity index (χ0v) is 52.3. The van der Waals surface area contributed by atoms with Gasteiger partial charge in [-0.25, -0.2) is 18.1 Å². The van der Waals surface area contributed by atoms with Gasteiger partial charge in [0.2, 0.25) is 11.8 Å². The van der Waals surface area contributed by atoms with Crippen molar-refractivity contribution in [1.82, 2.24) is 34.7 Å². The number of nitrogens with zero attached hydrogens (tertiary/aromatic N) is 6. The van der Waals surface area contributed by atoms with Gasteiger partial charge in [-0.15, -0.1) is 0 Å². The number of piperidine rings is 2. The Labute approximate surface area is 529 Å². The Balaban J connectivity index is 0.625. The van der Waals surface area contributed by atoms with Gasteiger partial charge in [0, 0.05) is 117 Å². The van der Waals surface area contributed by atoms with Gasteiger partial charge in [-0.1, -0.05) is 61.1 Å². The van der Waals surface area contributed by atoms with Crippen LogP contribution in [0.15, 0.2) is 114 Å². The number of piperazine rings is 1. The fourth-order valence-electron chi connectivity index (χ4n) is 12.5. The number of nitro groups is 1. The Bertz CT molecular complexity index is 3880. The summed E-state index contributed by atoms with van der Waals surface area (Å²) in [5, 5.41) is 19.5. The number of carbonyl (C=O) groups excluding carboxylic acids is 4. The smallest absolute Gasteiger partial charge is 0.293 e. The molecule has 0 radical (unpaired) electrons. The number of imide groups is 1. The third-order valence-electron chi connectivity index (χ3n) is 17.7. The van der Waals surface area contributed by atoms with Crippen LogP contribution < -0.4 is 25.0 Å². The van der Waals surface area contributed by atoms with Crippen LogP contribution in [0.25, 0.3) is 16.6 Å². The standard InChI is InChI=1S/C67H75ClN10O11S/c1-67(2)24-20-49(56(40-67)47-10-12-50(68)13-11-47)43-75-28-30-76(31-29-75)51-14-16-55(61(38-51)89-52-37-48-21-25-69-63(48)71-42-52)64(80)73-90(85,86)53-15-17-58(60(39-53)78(83)84)70-41-45-22-26-74(27-23-45)32-34-88-36-35-87-33-5-3-4-7-46-8-6-9-54-57(46)44-77(66(54)82)59-18-19-62(79)72-65(59)81/h6,8-17,21,25,37-39,42,45,59,70H,3,5,18-20,22-24,26-36,40-41,43-44H2,1-2H3,(H,69,71)(H,73,80)(H,72,79,81). The molecule has 23 heteroatoms. The maximum Gasteiger partial charge on any atom is 0.293 e. The summed E-state index contributed by atoms with van der Waals surface area (Å²) < 4.78 is 48.1. The number of halogens is 1. The molecule has 4 aromatic carbocycles. The fraction of sp³-hybridized carbons (Fsp3) is 0.418. The van der Waals surface area contributed by atoms with Crippen LogP contribution in [0.4, 0.5) is 17.1 Å². The van der Waals surface area contributed by atoms with E-state index in [1.807, 2.05) is 24.3 Å². The third-order valence-corrected chi connectivity index (χ3v) is 19.2. The highest BCUT2D eigenvalue weighted by Crippen LogP contribution is 2.44. The van der Waals surface area contributed by atoms with Gasteiger partial charge in [-0.3, -0.25) is 39.5 Å². The highest BCUT2D eigenvalue weighted by atomic mass is 35.5. The number of likely N-dealkylation sites (tertiary alicyclic amines) is 1. The molecule has 0 saturated carbocycles. The number of aromatic amines is 1. The number of amides is 4. The predicted molar refractivity (Wildman–Crippen MR) is 343 cm³/mol. The highest BCUT2D eigenvalue weighted by molar-refractivity contribution is 7.90. The van der Waals surface area contributed by atoms with E-state index in [1.54, 1.807) is 42.6 Å². The van der Waals surface area contributed by atoms with Crippen LogP contribution in [-0.4, -0.2) is 153 Å². The summed E-state index contributed by atoms with van der Waals surface area (Å²) in [4.78, 5) is 78.8. The molecule has 5 aliphatic rings. The Morgan fingerprint density at radius 2 is 1.68 bits per heavy atom. The molecule has 1 unspecified atom stereocenters. The summed E-state index contributed by atoms with van der Waals surface area (Å²) in [6, 6.07) is 25.1. The van der Waals surface area contributed by atoms with Crippen molar-refractivity contribution in [2.75, 3.05) is 95.5 Å². The first-order chi connectivity index (χ1) is 43.4. The van der Waals surface area contributed by atoms with Crippen molar-refractivity contribution in [3.63, 3.8) is 0 Å². The van der Waals surface area contributed by atoms with Gasteiger partial charge in [0.1, 0.15) is 28.9 Å². The summed E-state index contributed by atoms with van der Waals surface area (Å²) in [6.07, 6.45) is 9.95. The SMILES string of the molecule is CC1(C)CCC(CN2CCN(c3ccc(C(=O)NS(=O)(=O)c4ccc(NCC5CCN(CCOCCOCCCC#Cc6cccc7c6CN(C6CCC(=O)NC6=O)C7=O)CC5)c([N+](=O)[O-])c4)c(Oc4cnc5[nH]ccc5c4)c3)CC2)=C(c2ccc(Cl)cc2)C1. The minimum atomic E-state index is -4.63. The fourth-order valence-corrected chi connectivity index (χ4v) is 13.6. The molecule has 1 atom stereocenters. The number of ether oxygens (including phenoxy) is 3. The number of pyridine rings is 1. The number of hydrogen-bond donors (Lipinski definition) is 4. The van der Waals surface area contributed by atoms with E-state index in [2.05, 4.69) is 77.8 Å². The lowest BCUT2D eigenvalue weighted by Gasteiger charge is -2.39. The lowest BCUT2D eigenvalue weighted by molar-refractivity contribution is -0.384. The van der Waals surface area contributed by atoms with Crippen LogP contribution in [0.5, 0.6) is 11.5 Å². The number of H-pyrrole nitrogens is 1. The number of unbranched alkanes of at least 4 members (excludes halogenated alkanes) is 1. The van der Waals surface area contributed by atoms with Crippen molar-refractivity contribution >= 4 is 78.9 Å². The van der Waals surface area contributed by atoms with Crippen LogP contribution in [0.2, 0.25) is 5.02 Å². The minimum absolute atomic E-state index is 0.0558. The molecule has 4 aliphatic heterocycles. The van der Waals surface area contributed by atoms with Crippen molar-refractivity contribution in [2.45, 2.75) is 89.1 Å². The number of nitrogens with one attached hydrogen (secondary N) is 4. The first-order valence-electron chi connectivity index (χ1n) is 30.9. The lowest BCUT2D eigenvalue weighted by atomic mass is 9.72. The van der Waals surface area contributed by atoms with Crippen LogP contribution in [0.1, 0.15) is 109 Å². The van der Waals surface area contributed by atoms with Crippen LogP contribution in [0.3, 0.4) is 0 Å². The number of rotatable bonds is 23. The maximum absolute atomic E-state index is 14.2. The van der Waals surface area contributed by atoms with E-state index in [-0.39, 0.29) is 53.1 Å². The zero-order chi connectivity index (χ0) is 62.9. The molecule has 11 rings (SSSR count). The zero-order valence-electron chi connectivity index (χ0n) is 50.7. The predicted octanol–water partition coefficient (Wildman–Crippen LogP) is 9.57. The molecule has 0 bridgehead atoms. The molecule has 0 spiro atoms. The van der Waals surface area contributed by atoms with E-state index in [1.165, 1.54) is 39.9 Å². The normalized spacial score (nSPS) is 18.3. The second-order valence-corrected chi connectivity index (χ2v) is 26.6. The second kappa shape index (κ2) is 28.3. The van der Waals surface area contributed by atoms with Crippen LogP contribution in [0, 0.1) is 33.3 Å². The van der Waals surface area contributed by atoms with Crippen LogP contribution >= 0.6 is 11.6 Å².